The van der Waals surface area contributed by atoms with E-state index in [4.69, 9.17) is 23.8 Å². The lowest BCUT2D eigenvalue weighted by atomic mass is 10.1. The van der Waals surface area contributed by atoms with Crippen LogP contribution in [0.3, 0.4) is 0 Å². The molecule has 3 rings (SSSR count). The third-order valence-electron chi connectivity index (χ3n) is 4.30. The van der Waals surface area contributed by atoms with E-state index in [1.54, 1.807) is 60.7 Å². The number of anilines is 2. The highest BCUT2D eigenvalue weighted by Gasteiger charge is 2.09. The first-order valence-electron chi connectivity index (χ1n) is 9.43. The highest BCUT2D eigenvalue weighted by Crippen LogP contribution is 2.17. The zero-order valence-electron chi connectivity index (χ0n) is 16.7. The fraction of sp³-hybridized carbons (Fsp3) is 0.0417. The van der Waals surface area contributed by atoms with Gasteiger partial charge in [0.1, 0.15) is 0 Å². The lowest BCUT2D eigenvalue weighted by Gasteiger charge is -2.11. The average Bonchev–Trinajstić information content (AvgIpc) is 2.73. The SMILES string of the molecule is Cc1ccccc1C(=O)Nc1cccc(NC(=S)NC(=O)C=Cc2ccc(Cl)cc2)c1. The zero-order valence-corrected chi connectivity index (χ0v) is 18.3. The number of benzene rings is 3. The summed E-state index contributed by atoms with van der Waals surface area (Å²) in [4.78, 5) is 24.6. The van der Waals surface area contributed by atoms with Crippen LogP contribution in [0.5, 0.6) is 0 Å². The second-order valence-electron chi connectivity index (χ2n) is 6.68. The van der Waals surface area contributed by atoms with Gasteiger partial charge in [0.25, 0.3) is 5.91 Å². The van der Waals surface area contributed by atoms with Gasteiger partial charge in [0.15, 0.2) is 5.11 Å². The van der Waals surface area contributed by atoms with Crippen LogP contribution < -0.4 is 16.0 Å². The summed E-state index contributed by atoms with van der Waals surface area (Å²) in [6.45, 7) is 1.88. The lowest BCUT2D eigenvalue weighted by molar-refractivity contribution is -0.115. The molecule has 3 aromatic carbocycles. The minimum Gasteiger partial charge on any atom is -0.332 e. The van der Waals surface area contributed by atoms with Crippen LogP contribution in [-0.2, 0) is 4.79 Å². The van der Waals surface area contributed by atoms with Crippen LogP contribution in [0.1, 0.15) is 21.5 Å². The Morgan fingerprint density at radius 2 is 1.58 bits per heavy atom. The highest BCUT2D eigenvalue weighted by atomic mass is 35.5. The van der Waals surface area contributed by atoms with Gasteiger partial charge in [-0.25, -0.2) is 0 Å². The molecule has 7 heteroatoms. The van der Waals surface area contributed by atoms with Gasteiger partial charge in [-0.1, -0.05) is 48.0 Å². The average molecular weight is 450 g/mol. The molecule has 0 aromatic heterocycles. The van der Waals surface area contributed by atoms with Crippen molar-refractivity contribution in [1.82, 2.24) is 5.32 Å². The van der Waals surface area contributed by atoms with Crippen LogP contribution >= 0.6 is 23.8 Å². The van der Waals surface area contributed by atoms with E-state index in [0.29, 0.717) is 22.0 Å². The van der Waals surface area contributed by atoms with Gasteiger partial charge in [-0.15, -0.1) is 0 Å². The normalized spacial score (nSPS) is 10.5. The molecule has 156 valence electrons. The smallest absolute Gasteiger partial charge is 0.255 e. The first-order valence-corrected chi connectivity index (χ1v) is 10.2. The van der Waals surface area contributed by atoms with E-state index in [0.717, 1.165) is 11.1 Å². The van der Waals surface area contributed by atoms with Crippen LogP contribution in [0.15, 0.2) is 78.9 Å². The van der Waals surface area contributed by atoms with Crippen LogP contribution in [-0.4, -0.2) is 16.9 Å². The first kappa shape index (κ1) is 22.2. The number of thiocarbonyl (C=S) groups is 1. The van der Waals surface area contributed by atoms with E-state index in [9.17, 15) is 9.59 Å². The number of carbonyl (C=O) groups is 2. The van der Waals surface area contributed by atoms with Crippen molar-refractivity contribution in [2.75, 3.05) is 10.6 Å². The molecule has 31 heavy (non-hydrogen) atoms. The summed E-state index contributed by atoms with van der Waals surface area (Å²) in [5, 5.41) is 9.17. The Labute approximate surface area is 191 Å². The zero-order chi connectivity index (χ0) is 22.2. The van der Waals surface area contributed by atoms with E-state index >= 15 is 0 Å². The number of amides is 2. The maximum absolute atomic E-state index is 12.5. The Hall–Kier alpha value is -3.48. The molecule has 0 bridgehead atoms. The molecule has 3 aromatic rings. The summed E-state index contributed by atoms with van der Waals surface area (Å²) in [6.07, 6.45) is 3.05. The summed E-state index contributed by atoms with van der Waals surface area (Å²) in [5.74, 6) is -0.560. The maximum Gasteiger partial charge on any atom is 0.255 e. The van der Waals surface area contributed by atoms with Crippen molar-refractivity contribution in [2.45, 2.75) is 6.92 Å². The third-order valence-corrected chi connectivity index (χ3v) is 4.76. The number of carbonyl (C=O) groups excluding carboxylic acids is 2. The molecule has 0 spiro atoms. The van der Waals surface area contributed by atoms with Crippen molar-refractivity contribution in [3.8, 4) is 0 Å². The minimum absolute atomic E-state index is 0.146. The molecule has 0 radical (unpaired) electrons. The fourth-order valence-corrected chi connectivity index (χ4v) is 3.11. The van der Waals surface area contributed by atoms with Gasteiger partial charge in [0.05, 0.1) is 0 Å². The third kappa shape index (κ3) is 6.77. The van der Waals surface area contributed by atoms with Crippen molar-refractivity contribution in [3.63, 3.8) is 0 Å². The Morgan fingerprint density at radius 3 is 2.29 bits per heavy atom. The Kier molecular flexibility index (Phi) is 7.54. The Morgan fingerprint density at radius 1 is 0.903 bits per heavy atom. The first-order chi connectivity index (χ1) is 14.9. The van der Waals surface area contributed by atoms with Crippen molar-refractivity contribution < 1.29 is 9.59 Å². The number of nitrogens with one attached hydrogen (secondary N) is 3. The standard InChI is InChI=1S/C24H20ClN3O2S/c1-16-5-2-3-8-21(16)23(30)26-19-6-4-7-20(15-19)27-24(31)28-22(29)14-11-17-9-12-18(25)13-10-17/h2-15H,1H3,(H,26,30)(H2,27,28,29,31). The number of aryl methyl sites for hydroxylation is 1. The Bertz CT molecular complexity index is 1140. The molecule has 0 saturated carbocycles. The molecule has 0 unspecified atom stereocenters. The number of hydrogen-bond donors (Lipinski definition) is 3. The molecule has 2 amide bonds. The summed E-state index contributed by atoms with van der Waals surface area (Å²) in [7, 11) is 0. The predicted octanol–water partition coefficient (Wildman–Crippen LogP) is 5.43. The lowest BCUT2D eigenvalue weighted by Crippen LogP contribution is -2.32. The molecular formula is C24H20ClN3O2S. The van der Waals surface area contributed by atoms with Crippen LogP contribution in [0.25, 0.3) is 6.08 Å². The van der Waals surface area contributed by atoms with E-state index in [1.807, 2.05) is 25.1 Å². The molecule has 0 aliphatic rings. The van der Waals surface area contributed by atoms with Crippen molar-refractivity contribution in [1.29, 1.82) is 0 Å². The van der Waals surface area contributed by atoms with Gasteiger partial charge in [-0.05, 0) is 72.7 Å². The topological polar surface area (TPSA) is 70.2 Å². The summed E-state index contributed by atoms with van der Waals surface area (Å²) >= 11 is 11.0. The molecule has 0 fully saturated rings. The Balaban J connectivity index is 1.56. The second-order valence-corrected chi connectivity index (χ2v) is 7.52. The number of rotatable bonds is 5. The minimum atomic E-state index is -0.364. The van der Waals surface area contributed by atoms with Gasteiger partial charge in [0.2, 0.25) is 5.91 Å². The number of halogens is 1. The molecule has 3 N–H and O–H groups in total. The summed E-state index contributed by atoms with van der Waals surface area (Å²) in [6, 6.07) is 21.5. The molecule has 0 atom stereocenters. The second kappa shape index (κ2) is 10.5. The summed E-state index contributed by atoms with van der Waals surface area (Å²) < 4.78 is 0. The molecule has 0 saturated heterocycles. The van der Waals surface area contributed by atoms with Crippen LogP contribution in [0, 0.1) is 6.92 Å². The number of hydrogen-bond acceptors (Lipinski definition) is 3. The molecule has 0 aliphatic carbocycles. The van der Waals surface area contributed by atoms with E-state index < -0.39 is 0 Å². The molecule has 0 aliphatic heterocycles. The largest absolute Gasteiger partial charge is 0.332 e. The van der Waals surface area contributed by atoms with E-state index in [1.165, 1.54) is 6.08 Å². The van der Waals surface area contributed by atoms with Gasteiger partial charge in [-0.3, -0.25) is 14.9 Å². The molecule has 0 heterocycles. The van der Waals surface area contributed by atoms with Gasteiger partial charge in [0, 0.05) is 28.0 Å². The van der Waals surface area contributed by atoms with Gasteiger partial charge in [-0.2, -0.15) is 0 Å². The van der Waals surface area contributed by atoms with Crippen LogP contribution in [0.2, 0.25) is 5.02 Å². The van der Waals surface area contributed by atoms with E-state index in [-0.39, 0.29) is 16.9 Å². The monoisotopic (exact) mass is 449 g/mol. The predicted molar refractivity (Wildman–Crippen MR) is 130 cm³/mol. The highest BCUT2D eigenvalue weighted by molar-refractivity contribution is 7.80. The maximum atomic E-state index is 12.5. The quantitative estimate of drug-likeness (QED) is 0.359. The van der Waals surface area contributed by atoms with Gasteiger partial charge >= 0.3 is 0 Å². The van der Waals surface area contributed by atoms with Crippen molar-refractivity contribution >= 4 is 58.2 Å². The van der Waals surface area contributed by atoms with Gasteiger partial charge < -0.3 is 10.6 Å². The summed E-state index contributed by atoms with van der Waals surface area (Å²) in [5.41, 5.74) is 3.58. The molecular weight excluding hydrogens is 430 g/mol. The molecule has 5 nitrogen and oxygen atoms in total. The fourth-order valence-electron chi connectivity index (χ4n) is 2.76. The van der Waals surface area contributed by atoms with Crippen LogP contribution in [0.4, 0.5) is 11.4 Å². The van der Waals surface area contributed by atoms with Crippen molar-refractivity contribution in [3.05, 3.63) is 101 Å². The van der Waals surface area contributed by atoms with E-state index in [2.05, 4.69) is 16.0 Å². The van der Waals surface area contributed by atoms with Crippen molar-refractivity contribution in [2.24, 2.45) is 0 Å².